The SMILES string of the molecule is Cc1cc(S(=O)(=O)N2CCC3(CCC(=O)N3)C2)ccc1F. The van der Waals surface area contributed by atoms with Crippen LogP contribution in [0.5, 0.6) is 0 Å². The number of rotatable bonds is 2. The van der Waals surface area contributed by atoms with Crippen molar-refractivity contribution in [2.75, 3.05) is 13.1 Å². The molecule has 1 atom stereocenters. The summed E-state index contributed by atoms with van der Waals surface area (Å²) in [6.45, 7) is 2.20. The topological polar surface area (TPSA) is 66.5 Å². The van der Waals surface area contributed by atoms with E-state index in [0.29, 0.717) is 31.4 Å². The van der Waals surface area contributed by atoms with E-state index in [1.165, 1.54) is 29.4 Å². The third-order valence-corrected chi connectivity index (χ3v) is 6.16. The number of sulfonamides is 1. The lowest BCUT2D eigenvalue weighted by atomic mass is 9.97. The standard InChI is InChI=1S/C14H17FN2O3S/c1-10-8-11(2-3-12(10)15)21(19,20)17-7-6-14(9-17)5-4-13(18)16-14/h2-3,8H,4-7,9H2,1H3,(H,16,18). The molecule has 3 rings (SSSR count). The molecule has 1 aromatic carbocycles. The van der Waals surface area contributed by atoms with Crippen molar-refractivity contribution in [2.45, 2.75) is 36.6 Å². The van der Waals surface area contributed by atoms with E-state index in [0.717, 1.165) is 0 Å². The summed E-state index contributed by atoms with van der Waals surface area (Å²) in [5, 5.41) is 2.90. The molecule has 1 amide bonds. The maximum absolute atomic E-state index is 13.3. The number of nitrogens with one attached hydrogen (secondary N) is 1. The minimum absolute atomic E-state index is 0.0214. The first-order chi connectivity index (χ1) is 9.82. The molecule has 5 nitrogen and oxygen atoms in total. The Bertz CT molecular complexity index is 704. The third-order valence-electron chi connectivity index (χ3n) is 4.32. The first-order valence-corrected chi connectivity index (χ1v) is 8.34. The van der Waals surface area contributed by atoms with Gasteiger partial charge in [-0.15, -0.1) is 0 Å². The van der Waals surface area contributed by atoms with Crippen molar-refractivity contribution in [3.8, 4) is 0 Å². The first-order valence-electron chi connectivity index (χ1n) is 6.90. The Hall–Kier alpha value is -1.47. The number of hydrogen-bond acceptors (Lipinski definition) is 3. The fourth-order valence-corrected chi connectivity index (χ4v) is 4.66. The maximum atomic E-state index is 13.3. The van der Waals surface area contributed by atoms with Crippen molar-refractivity contribution in [3.63, 3.8) is 0 Å². The fraction of sp³-hybridized carbons (Fsp3) is 0.500. The molecule has 1 N–H and O–H groups in total. The highest BCUT2D eigenvalue weighted by molar-refractivity contribution is 7.89. The van der Waals surface area contributed by atoms with Gasteiger partial charge in [-0.3, -0.25) is 4.79 Å². The zero-order chi connectivity index (χ0) is 15.3. The van der Waals surface area contributed by atoms with Gasteiger partial charge in [-0.05, 0) is 43.5 Å². The van der Waals surface area contributed by atoms with Gasteiger partial charge in [0.25, 0.3) is 0 Å². The van der Waals surface area contributed by atoms with Gasteiger partial charge in [0, 0.05) is 19.5 Å². The quantitative estimate of drug-likeness (QED) is 0.891. The van der Waals surface area contributed by atoms with Gasteiger partial charge in [-0.2, -0.15) is 4.31 Å². The summed E-state index contributed by atoms with van der Waals surface area (Å²) in [4.78, 5) is 11.5. The van der Waals surface area contributed by atoms with E-state index in [4.69, 9.17) is 0 Å². The van der Waals surface area contributed by atoms with Gasteiger partial charge in [-0.1, -0.05) is 0 Å². The van der Waals surface area contributed by atoms with Crippen molar-refractivity contribution in [1.29, 1.82) is 0 Å². The Morgan fingerprint density at radius 3 is 2.71 bits per heavy atom. The molecule has 1 unspecified atom stereocenters. The average Bonchev–Trinajstić information content (AvgIpc) is 3.00. The maximum Gasteiger partial charge on any atom is 0.243 e. The van der Waals surface area contributed by atoms with Gasteiger partial charge >= 0.3 is 0 Å². The van der Waals surface area contributed by atoms with E-state index in [-0.39, 0.29) is 17.3 Å². The molecule has 7 heteroatoms. The Morgan fingerprint density at radius 2 is 2.10 bits per heavy atom. The van der Waals surface area contributed by atoms with E-state index in [2.05, 4.69) is 5.32 Å². The molecule has 1 spiro atoms. The molecule has 0 saturated carbocycles. The van der Waals surface area contributed by atoms with Crippen LogP contribution in [0, 0.1) is 12.7 Å². The van der Waals surface area contributed by atoms with Crippen LogP contribution in [-0.4, -0.2) is 37.3 Å². The molecule has 0 aliphatic carbocycles. The lowest BCUT2D eigenvalue weighted by molar-refractivity contribution is -0.119. The second-order valence-electron chi connectivity index (χ2n) is 5.83. The summed E-state index contributed by atoms with van der Waals surface area (Å²) in [5.74, 6) is -0.443. The molecule has 2 aliphatic rings. The van der Waals surface area contributed by atoms with Crippen LogP contribution in [0.15, 0.2) is 23.1 Å². The minimum atomic E-state index is -3.64. The van der Waals surface area contributed by atoms with E-state index in [1.807, 2.05) is 0 Å². The summed E-state index contributed by atoms with van der Waals surface area (Å²) in [5.41, 5.74) is -0.113. The summed E-state index contributed by atoms with van der Waals surface area (Å²) in [6.07, 6.45) is 1.74. The number of hydrogen-bond donors (Lipinski definition) is 1. The Labute approximate surface area is 123 Å². The molecule has 0 bridgehead atoms. The Morgan fingerprint density at radius 1 is 1.33 bits per heavy atom. The molecule has 0 radical (unpaired) electrons. The van der Waals surface area contributed by atoms with E-state index >= 15 is 0 Å². The fourth-order valence-electron chi connectivity index (χ4n) is 3.05. The van der Waals surface area contributed by atoms with Gasteiger partial charge in [0.1, 0.15) is 5.82 Å². The lowest BCUT2D eigenvalue weighted by Crippen LogP contribution is -2.44. The van der Waals surface area contributed by atoms with Gasteiger partial charge in [0.05, 0.1) is 10.4 Å². The van der Waals surface area contributed by atoms with E-state index in [1.54, 1.807) is 0 Å². The van der Waals surface area contributed by atoms with Crippen molar-refractivity contribution >= 4 is 15.9 Å². The number of carbonyl (C=O) groups is 1. The van der Waals surface area contributed by atoms with Gasteiger partial charge in [0.2, 0.25) is 15.9 Å². The molecule has 2 heterocycles. The van der Waals surface area contributed by atoms with Crippen LogP contribution in [0.4, 0.5) is 4.39 Å². The second-order valence-corrected chi connectivity index (χ2v) is 7.77. The zero-order valence-corrected chi connectivity index (χ0v) is 12.5. The normalized spacial score (nSPS) is 26.5. The molecule has 2 saturated heterocycles. The largest absolute Gasteiger partial charge is 0.349 e. The lowest BCUT2D eigenvalue weighted by Gasteiger charge is -2.23. The highest BCUT2D eigenvalue weighted by atomic mass is 32.2. The van der Waals surface area contributed by atoms with Gasteiger partial charge < -0.3 is 5.32 Å². The molecule has 1 aromatic rings. The predicted octanol–water partition coefficient (Wildman–Crippen LogP) is 1.18. The third kappa shape index (κ3) is 2.44. The summed E-state index contributed by atoms with van der Waals surface area (Å²) in [7, 11) is -3.64. The van der Waals surface area contributed by atoms with E-state index in [9.17, 15) is 17.6 Å². The zero-order valence-electron chi connectivity index (χ0n) is 11.7. The van der Waals surface area contributed by atoms with Crippen LogP contribution >= 0.6 is 0 Å². The molecular formula is C14H17FN2O3S. The van der Waals surface area contributed by atoms with Crippen LogP contribution in [0.3, 0.4) is 0 Å². The number of amides is 1. The molecule has 2 fully saturated rings. The summed E-state index contributed by atoms with van der Waals surface area (Å²) < 4.78 is 39.9. The highest BCUT2D eigenvalue weighted by Crippen LogP contribution is 2.33. The molecule has 2 aliphatic heterocycles. The smallest absolute Gasteiger partial charge is 0.243 e. The number of aryl methyl sites for hydroxylation is 1. The van der Waals surface area contributed by atoms with Crippen molar-refractivity contribution in [1.82, 2.24) is 9.62 Å². The molecular weight excluding hydrogens is 295 g/mol. The molecule has 114 valence electrons. The number of benzene rings is 1. The molecule has 0 aromatic heterocycles. The monoisotopic (exact) mass is 312 g/mol. The van der Waals surface area contributed by atoms with Gasteiger partial charge in [-0.25, -0.2) is 12.8 Å². The van der Waals surface area contributed by atoms with Crippen molar-refractivity contribution < 1.29 is 17.6 Å². The van der Waals surface area contributed by atoms with Crippen molar-refractivity contribution in [2.24, 2.45) is 0 Å². The predicted molar refractivity (Wildman–Crippen MR) is 74.6 cm³/mol. The van der Waals surface area contributed by atoms with Crippen molar-refractivity contribution in [3.05, 3.63) is 29.6 Å². The van der Waals surface area contributed by atoms with E-state index < -0.39 is 21.4 Å². The van der Waals surface area contributed by atoms with Crippen LogP contribution in [0.1, 0.15) is 24.8 Å². The first kappa shape index (κ1) is 14.5. The summed E-state index contributed by atoms with van der Waals surface area (Å²) in [6, 6.07) is 3.81. The Kier molecular flexibility index (Phi) is 3.29. The minimum Gasteiger partial charge on any atom is -0.349 e. The van der Waals surface area contributed by atoms with Crippen LogP contribution in [0.25, 0.3) is 0 Å². The van der Waals surface area contributed by atoms with Crippen LogP contribution < -0.4 is 5.32 Å². The summed E-state index contributed by atoms with van der Waals surface area (Å²) >= 11 is 0. The number of halogens is 1. The average molecular weight is 312 g/mol. The Balaban J connectivity index is 1.86. The van der Waals surface area contributed by atoms with Crippen LogP contribution in [-0.2, 0) is 14.8 Å². The second kappa shape index (κ2) is 4.78. The van der Waals surface area contributed by atoms with Gasteiger partial charge in [0.15, 0.2) is 0 Å². The molecule has 21 heavy (non-hydrogen) atoms. The number of nitrogens with zero attached hydrogens (tertiary/aromatic N) is 1. The highest BCUT2D eigenvalue weighted by Gasteiger charge is 2.46. The van der Waals surface area contributed by atoms with Crippen LogP contribution in [0.2, 0.25) is 0 Å². The number of carbonyl (C=O) groups excluding carboxylic acids is 1.